The number of carbonyl (C=O) groups is 2. The molecule has 1 amide bonds. The molecule has 1 aromatic rings. The number of allylic oxidation sites excluding steroid dienone is 1. The van der Waals surface area contributed by atoms with Crippen molar-refractivity contribution >= 4 is 29.2 Å². The topological polar surface area (TPSA) is 75.6 Å². The van der Waals surface area contributed by atoms with Crippen LogP contribution in [0.4, 0.5) is 5.69 Å². The van der Waals surface area contributed by atoms with Crippen LogP contribution in [-0.2, 0) is 9.59 Å². The van der Waals surface area contributed by atoms with Crippen molar-refractivity contribution in [1.29, 1.82) is 0 Å². The van der Waals surface area contributed by atoms with Gasteiger partial charge < -0.3 is 15.2 Å². The third-order valence-electron chi connectivity index (χ3n) is 2.65. The van der Waals surface area contributed by atoms with Gasteiger partial charge in [0.1, 0.15) is 5.75 Å². The Morgan fingerprint density at radius 3 is 2.67 bits per heavy atom. The SMILES string of the molecule is C=C(C)CC(C)C(=O)Nc1ccc(OCC(=O)O)c(Cl)c1. The summed E-state index contributed by atoms with van der Waals surface area (Å²) in [4.78, 5) is 22.4. The van der Waals surface area contributed by atoms with Gasteiger partial charge in [-0.3, -0.25) is 4.79 Å². The van der Waals surface area contributed by atoms with E-state index in [0.717, 1.165) is 5.57 Å². The van der Waals surface area contributed by atoms with Gasteiger partial charge >= 0.3 is 5.97 Å². The Kier molecular flexibility index (Phi) is 6.24. The van der Waals surface area contributed by atoms with E-state index < -0.39 is 12.6 Å². The van der Waals surface area contributed by atoms with Crippen LogP contribution >= 0.6 is 11.6 Å². The van der Waals surface area contributed by atoms with Crippen molar-refractivity contribution in [2.45, 2.75) is 20.3 Å². The number of benzene rings is 1. The molecule has 0 bridgehead atoms. The number of hydrogen-bond acceptors (Lipinski definition) is 3. The Balaban J connectivity index is 2.69. The van der Waals surface area contributed by atoms with Gasteiger partial charge in [0.15, 0.2) is 6.61 Å². The van der Waals surface area contributed by atoms with E-state index in [0.29, 0.717) is 12.1 Å². The number of hydrogen-bond donors (Lipinski definition) is 2. The number of ether oxygens (including phenoxy) is 1. The molecule has 1 atom stereocenters. The van der Waals surface area contributed by atoms with Crippen LogP contribution in [-0.4, -0.2) is 23.6 Å². The summed E-state index contributed by atoms with van der Waals surface area (Å²) in [6.07, 6.45) is 0.610. The molecule has 0 heterocycles. The summed E-state index contributed by atoms with van der Waals surface area (Å²) in [7, 11) is 0. The number of rotatable bonds is 7. The smallest absolute Gasteiger partial charge is 0.341 e. The average molecular weight is 312 g/mol. The lowest BCUT2D eigenvalue weighted by molar-refractivity contribution is -0.139. The van der Waals surface area contributed by atoms with Gasteiger partial charge in [-0.2, -0.15) is 0 Å². The molecule has 0 aliphatic carbocycles. The van der Waals surface area contributed by atoms with Crippen LogP contribution in [0.5, 0.6) is 5.75 Å². The molecule has 21 heavy (non-hydrogen) atoms. The Morgan fingerprint density at radius 2 is 2.14 bits per heavy atom. The second-order valence-corrected chi connectivity index (χ2v) is 5.29. The molecule has 0 fully saturated rings. The first-order valence-electron chi connectivity index (χ1n) is 6.39. The fourth-order valence-electron chi connectivity index (χ4n) is 1.72. The first kappa shape index (κ1) is 17.0. The lowest BCUT2D eigenvalue weighted by atomic mass is 10.0. The molecule has 0 spiro atoms. The summed E-state index contributed by atoms with van der Waals surface area (Å²) < 4.78 is 5.00. The van der Waals surface area contributed by atoms with Crippen molar-refractivity contribution in [2.24, 2.45) is 5.92 Å². The van der Waals surface area contributed by atoms with Crippen molar-refractivity contribution in [3.8, 4) is 5.75 Å². The fourth-order valence-corrected chi connectivity index (χ4v) is 1.95. The molecule has 1 rings (SSSR count). The Bertz CT molecular complexity index is 557. The van der Waals surface area contributed by atoms with Crippen molar-refractivity contribution in [1.82, 2.24) is 0 Å². The number of carboxylic acids is 1. The molecule has 0 aliphatic rings. The van der Waals surface area contributed by atoms with Gasteiger partial charge in [0.05, 0.1) is 5.02 Å². The highest BCUT2D eigenvalue weighted by Crippen LogP contribution is 2.28. The van der Waals surface area contributed by atoms with Gasteiger partial charge in [0.25, 0.3) is 0 Å². The molecule has 1 unspecified atom stereocenters. The molecule has 114 valence electrons. The highest BCUT2D eigenvalue weighted by molar-refractivity contribution is 6.32. The van der Waals surface area contributed by atoms with Gasteiger partial charge in [-0.15, -0.1) is 6.58 Å². The second-order valence-electron chi connectivity index (χ2n) is 4.88. The highest BCUT2D eigenvalue weighted by Gasteiger charge is 2.14. The zero-order valence-corrected chi connectivity index (χ0v) is 12.7. The van der Waals surface area contributed by atoms with Crippen LogP contribution in [0.3, 0.4) is 0 Å². The maximum absolute atomic E-state index is 12.0. The maximum Gasteiger partial charge on any atom is 0.341 e. The van der Waals surface area contributed by atoms with E-state index in [4.69, 9.17) is 21.4 Å². The third kappa shape index (κ3) is 5.87. The molecule has 1 aromatic carbocycles. The summed E-state index contributed by atoms with van der Waals surface area (Å²) in [5, 5.41) is 11.5. The molecule has 5 nitrogen and oxygen atoms in total. The van der Waals surface area contributed by atoms with E-state index in [1.54, 1.807) is 6.07 Å². The highest BCUT2D eigenvalue weighted by atomic mass is 35.5. The molecule has 0 radical (unpaired) electrons. The van der Waals surface area contributed by atoms with Crippen LogP contribution < -0.4 is 10.1 Å². The molecule has 0 saturated heterocycles. The van der Waals surface area contributed by atoms with E-state index in [1.165, 1.54) is 12.1 Å². The standard InChI is InChI=1S/C15H18ClNO4/c1-9(2)6-10(3)15(20)17-11-4-5-13(12(16)7-11)21-8-14(18)19/h4-5,7,10H,1,6,8H2,2-3H3,(H,17,20)(H,18,19). The summed E-state index contributed by atoms with van der Waals surface area (Å²) in [5.74, 6) is -1.15. The summed E-state index contributed by atoms with van der Waals surface area (Å²) in [6.45, 7) is 6.99. The normalized spacial score (nSPS) is 11.6. The summed E-state index contributed by atoms with van der Waals surface area (Å²) in [6, 6.07) is 4.64. The minimum atomic E-state index is -1.09. The number of nitrogens with one attached hydrogen (secondary N) is 1. The summed E-state index contributed by atoms with van der Waals surface area (Å²) >= 11 is 5.98. The number of carbonyl (C=O) groups excluding carboxylic acids is 1. The van der Waals surface area contributed by atoms with Gasteiger partial charge in [0, 0.05) is 11.6 Å². The van der Waals surface area contributed by atoms with E-state index >= 15 is 0 Å². The molecule has 6 heteroatoms. The maximum atomic E-state index is 12.0. The average Bonchev–Trinajstić information content (AvgIpc) is 2.36. The van der Waals surface area contributed by atoms with E-state index in [-0.39, 0.29) is 22.6 Å². The number of aliphatic carboxylic acids is 1. The lowest BCUT2D eigenvalue weighted by Crippen LogP contribution is -2.20. The van der Waals surface area contributed by atoms with E-state index in [1.807, 2.05) is 13.8 Å². The summed E-state index contributed by atoms with van der Waals surface area (Å²) in [5.41, 5.74) is 1.47. The molecular formula is C15H18ClNO4. The molecule has 0 saturated carbocycles. The predicted molar refractivity (Wildman–Crippen MR) is 81.8 cm³/mol. The Hall–Kier alpha value is -2.01. The quantitative estimate of drug-likeness (QED) is 0.757. The van der Waals surface area contributed by atoms with Crippen molar-refractivity contribution in [2.75, 3.05) is 11.9 Å². The monoisotopic (exact) mass is 311 g/mol. The predicted octanol–water partition coefficient (Wildman–Crippen LogP) is 3.34. The number of amides is 1. The second kappa shape index (κ2) is 7.69. The molecule has 0 aliphatic heterocycles. The number of halogens is 1. The van der Waals surface area contributed by atoms with Crippen LogP contribution in [0.15, 0.2) is 30.4 Å². The van der Waals surface area contributed by atoms with Crippen molar-refractivity contribution < 1.29 is 19.4 Å². The minimum absolute atomic E-state index is 0.131. The van der Waals surface area contributed by atoms with Crippen molar-refractivity contribution in [3.63, 3.8) is 0 Å². The fraction of sp³-hybridized carbons (Fsp3) is 0.333. The first-order valence-corrected chi connectivity index (χ1v) is 6.76. The van der Waals surface area contributed by atoms with Crippen LogP contribution in [0.2, 0.25) is 5.02 Å². The molecule has 2 N–H and O–H groups in total. The van der Waals surface area contributed by atoms with Crippen LogP contribution in [0.1, 0.15) is 20.3 Å². The van der Waals surface area contributed by atoms with Gasteiger partial charge in [-0.05, 0) is 31.5 Å². The van der Waals surface area contributed by atoms with Gasteiger partial charge in [0.2, 0.25) is 5.91 Å². The third-order valence-corrected chi connectivity index (χ3v) is 2.95. The molecule has 0 aromatic heterocycles. The zero-order chi connectivity index (χ0) is 16.0. The zero-order valence-electron chi connectivity index (χ0n) is 12.0. The van der Waals surface area contributed by atoms with E-state index in [9.17, 15) is 9.59 Å². The van der Waals surface area contributed by atoms with Crippen LogP contribution in [0, 0.1) is 5.92 Å². The lowest BCUT2D eigenvalue weighted by Gasteiger charge is -2.13. The first-order chi connectivity index (χ1) is 9.79. The minimum Gasteiger partial charge on any atom is -0.480 e. The number of anilines is 1. The van der Waals surface area contributed by atoms with E-state index in [2.05, 4.69) is 11.9 Å². The Morgan fingerprint density at radius 1 is 1.48 bits per heavy atom. The van der Waals surface area contributed by atoms with Crippen LogP contribution in [0.25, 0.3) is 0 Å². The van der Waals surface area contributed by atoms with Crippen molar-refractivity contribution in [3.05, 3.63) is 35.4 Å². The van der Waals surface area contributed by atoms with Gasteiger partial charge in [-0.1, -0.05) is 24.1 Å². The number of carboxylic acid groups (broad SMARTS) is 1. The molecular weight excluding hydrogens is 294 g/mol. The van der Waals surface area contributed by atoms with Gasteiger partial charge in [-0.25, -0.2) is 4.79 Å². The Labute approximate surface area is 128 Å². The largest absolute Gasteiger partial charge is 0.480 e.